The van der Waals surface area contributed by atoms with Crippen molar-refractivity contribution in [2.45, 2.75) is 38.1 Å². The molecule has 4 heteroatoms. The monoisotopic (exact) mass is 292 g/mol. The van der Waals surface area contributed by atoms with Crippen molar-refractivity contribution in [3.63, 3.8) is 0 Å². The van der Waals surface area contributed by atoms with Crippen molar-refractivity contribution in [2.24, 2.45) is 11.7 Å². The first kappa shape index (κ1) is 15.4. The van der Waals surface area contributed by atoms with E-state index in [1.54, 1.807) is 11.8 Å². The topological polar surface area (TPSA) is 46.3 Å². The van der Waals surface area contributed by atoms with Gasteiger partial charge in [-0.3, -0.25) is 4.79 Å². The molecule has 0 spiro atoms. The molecular weight excluding hydrogens is 268 g/mol. The van der Waals surface area contributed by atoms with E-state index in [4.69, 9.17) is 5.73 Å². The molecule has 0 radical (unpaired) electrons. The lowest BCUT2D eigenvalue weighted by Gasteiger charge is -2.21. The molecule has 1 heterocycles. The van der Waals surface area contributed by atoms with Crippen LogP contribution < -0.4 is 5.73 Å². The first-order valence-electron chi connectivity index (χ1n) is 7.21. The lowest BCUT2D eigenvalue weighted by atomic mass is 10.1. The molecule has 1 aliphatic heterocycles. The maximum absolute atomic E-state index is 12.4. The molecule has 110 valence electrons. The van der Waals surface area contributed by atoms with Crippen LogP contribution >= 0.6 is 11.8 Å². The molecule has 1 fully saturated rings. The maximum Gasteiger partial charge on any atom is 0.233 e. The molecule has 1 saturated heterocycles. The van der Waals surface area contributed by atoms with Gasteiger partial charge in [0.1, 0.15) is 0 Å². The van der Waals surface area contributed by atoms with Crippen LogP contribution in [0.25, 0.3) is 0 Å². The minimum absolute atomic E-state index is 0.236. The number of thioether (sulfide) groups is 1. The van der Waals surface area contributed by atoms with Gasteiger partial charge in [-0.25, -0.2) is 0 Å². The van der Waals surface area contributed by atoms with Gasteiger partial charge >= 0.3 is 0 Å². The Morgan fingerprint density at radius 1 is 1.45 bits per heavy atom. The summed E-state index contributed by atoms with van der Waals surface area (Å²) in [5, 5.41) is 0. The van der Waals surface area contributed by atoms with E-state index in [-0.39, 0.29) is 5.91 Å². The summed E-state index contributed by atoms with van der Waals surface area (Å²) >= 11 is 1.64. The van der Waals surface area contributed by atoms with Gasteiger partial charge in [-0.15, -0.1) is 11.8 Å². The molecule has 1 aromatic carbocycles. The van der Waals surface area contributed by atoms with Gasteiger partial charge in [0.15, 0.2) is 0 Å². The van der Waals surface area contributed by atoms with Crippen LogP contribution in [0.2, 0.25) is 0 Å². The number of carbonyl (C=O) groups is 1. The molecule has 3 nitrogen and oxygen atoms in total. The van der Waals surface area contributed by atoms with Gasteiger partial charge in [0.05, 0.1) is 5.75 Å². The molecule has 20 heavy (non-hydrogen) atoms. The quantitative estimate of drug-likeness (QED) is 0.868. The maximum atomic E-state index is 12.4. The van der Waals surface area contributed by atoms with Crippen molar-refractivity contribution >= 4 is 17.7 Å². The van der Waals surface area contributed by atoms with Crippen LogP contribution in [0.3, 0.4) is 0 Å². The van der Waals surface area contributed by atoms with E-state index in [0.717, 1.165) is 13.0 Å². The lowest BCUT2D eigenvalue weighted by molar-refractivity contribution is -0.128. The minimum atomic E-state index is 0.236. The third kappa shape index (κ3) is 3.55. The van der Waals surface area contributed by atoms with E-state index >= 15 is 0 Å². The van der Waals surface area contributed by atoms with E-state index in [1.165, 1.54) is 16.0 Å². The SMILES string of the molecule is Cc1ccc(C)c(SCC(=O)N2CC(CN)CC2C)c1. The molecule has 0 bridgehead atoms. The summed E-state index contributed by atoms with van der Waals surface area (Å²) in [6, 6.07) is 6.71. The van der Waals surface area contributed by atoms with Crippen LogP contribution in [-0.2, 0) is 4.79 Å². The Kier molecular flexibility index (Phi) is 5.11. The summed E-state index contributed by atoms with van der Waals surface area (Å²) in [6.45, 7) is 7.80. The van der Waals surface area contributed by atoms with Crippen LogP contribution in [0.5, 0.6) is 0 Å². The summed E-state index contributed by atoms with van der Waals surface area (Å²) in [5.41, 5.74) is 8.19. The third-order valence-corrected chi connectivity index (χ3v) is 5.15. The zero-order chi connectivity index (χ0) is 14.7. The number of nitrogens with two attached hydrogens (primary N) is 1. The second-order valence-electron chi connectivity index (χ2n) is 5.79. The van der Waals surface area contributed by atoms with E-state index < -0.39 is 0 Å². The molecule has 1 aromatic rings. The van der Waals surface area contributed by atoms with E-state index in [0.29, 0.717) is 24.3 Å². The number of carbonyl (C=O) groups excluding carboxylic acids is 1. The second-order valence-corrected chi connectivity index (χ2v) is 6.81. The number of hydrogen-bond acceptors (Lipinski definition) is 3. The number of rotatable bonds is 4. The van der Waals surface area contributed by atoms with Gasteiger partial charge in [0, 0.05) is 17.5 Å². The predicted octanol–water partition coefficient (Wildman–Crippen LogP) is 2.59. The number of hydrogen-bond donors (Lipinski definition) is 1. The van der Waals surface area contributed by atoms with E-state index in [1.807, 2.05) is 4.90 Å². The number of aryl methyl sites for hydroxylation is 2. The number of likely N-dealkylation sites (tertiary alicyclic amines) is 1. The van der Waals surface area contributed by atoms with E-state index in [9.17, 15) is 4.79 Å². The fourth-order valence-electron chi connectivity index (χ4n) is 2.75. The molecule has 2 unspecified atom stereocenters. The number of benzene rings is 1. The highest BCUT2D eigenvalue weighted by Gasteiger charge is 2.31. The molecule has 1 aliphatic rings. The summed E-state index contributed by atoms with van der Waals surface area (Å²) < 4.78 is 0. The standard InChI is InChI=1S/C16H24N2OS/c1-11-4-5-12(2)15(6-11)20-10-16(19)18-9-14(8-17)7-13(18)3/h4-6,13-14H,7-10,17H2,1-3H3. The summed E-state index contributed by atoms with van der Waals surface area (Å²) in [5.74, 6) is 1.23. The van der Waals surface area contributed by atoms with Crippen LogP contribution in [-0.4, -0.2) is 35.7 Å². The van der Waals surface area contributed by atoms with Crippen LogP contribution in [0.1, 0.15) is 24.5 Å². The first-order valence-corrected chi connectivity index (χ1v) is 8.19. The summed E-state index contributed by atoms with van der Waals surface area (Å²) in [4.78, 5) is 15.6. The number of amides is 1. The second kappa shape index (κ2) is 6.64. The minimum Gasteiger partial charge on any atom is -0.339 e. The highest BCUT2D eigenvalue weighted by molar-refractivity contribution is 8.00. The Morgan fingerprint density at radius 3 is 2.85 bits per heavy atom. The highest BCUT2D eigenvalue weighted by Crippen LogP contribution is 2.27. The average molecular weight is 292 g/mol. The van der Waals surface area contributed by atoms with Crippen LogP contribution in [0.15, 0.2) is 23.1 Å². The average Bonchev–Trinajstić information content (AvgIpc) is 2.81. The predicted molar refractivity (Wildman–Crippen MR) is 85.0 cm³/mol. The highest BCUT2D eigenvalue weighted by atomic mass is 32.2. The molecule has 1 amide bonds. The van der Waals surface area contributed by atoms with Crippen LogP contribution in [0, 0.1) is 19.8 Å². The smallest absolute Gasteiger partial charge is 0.233 e. The van der Waals surface area contributed by atoms with Crippen molar-refractivity contribution in [2.75, 3.05) is 18.8 Å². The molecule has 0 aromatic heterocycles. The van der Waals surface area contributed by atoms with Gasteiger partial charge in [-0.1, -0.05) is 17.7 Å². The zero-order valence-electron chi connectivity index (χ0n) is 12.6. The van der Waals surface area contributed by atoms with Gasteiger partial charge in [-0.05, 0) is 51.3 Å². The van der Waals surface area contributed by atoms with Gasteiger partial charge in [0.2, 0.25) is 5.91 Å². The Labute approximate surface area is 125 Å². The fraction of sp³-hybridized carbons (Fsp3) is 0.562. The Hall–Kier alpha value is -1.00. The van der Waals surface area contributed by atoms with Crippen molar-refractivity contribution in [1.29, 1.82) is 0 Å². The first-order chi connectivity index (χ1) is 9.51. The van der Waals surface area contributed by atoms with Crippen molar-refractivity contribution < 1.29 is 4.79 Å². The molecule has 2 atom stereocenters. The normalized spacial score (nSPS) is 22.3. The van der Waals surface area contributed by atoms with E-state index in [2.05, 4.69) is 39.0 Å². The summed E-state index contributed by atoms with van der Waals surface area (Å²) in [6.07, 6.45) is 1.04. The third-order valence-electron chi connectivity index (χ3n) is 4.01. The fourth-order valence-corrected chi connectivity index (χ4v) is 3.76. The Morgan fingerprint density at radius 2 is 2.20 bits per heavy atom. The van der Waals surface area contributed by atoms with Gasteiger partial charge < -0.3 is 10.6 Å². The Bertz CT molecular complexity index is 489. The molecule has 2 rings (SSSR count). The van der Waals surface area contributed by atoms with Crippen molar-refractivity contribution in [3.05, 3.63) is 29.3 Å². The van der Waals surface area contributed by atoms with Crippen LogP contribution in [0.4, 0.5) is 0 Å². The van der Waals surface area contributed by atoms with Crippen molar-refractivity contribution in [1.82, 2.24) is 4.90 Å². The molecule has 0 aliphatic carbocycles. The molecule has 0 saturated carbocycles. The lowest BCUT2D eigenvalue weighted by Crippen LogP contribution is -2.35. The van der Waals surface area contributed by atoms with Gasteiger partial charge in [-0.2, -0.15) is 0 Å². The number of nitrogens with zero attached hydrogens (tertiary/aromatic N) is 1. The van der Waals surface area contributed by atoms with Gasteiger partial charge in [0.25, 0.3) is 0 Å². The zero-order valence-corrected chi connectivity index (χ0v) is 13.4. The Balaban J connectivity index is 1.94. The summed E-state index contributed by atoms with van der Waals surface area (Å²) in [7, 11) is 0. The largest absolute Gasteiger partial charge is 0.339 e. The molecular formula is C16H24N2OS. The molecule has 2 N–H and O–H groups in total. The van der Waals surface area contributed by atoms with Crippen molar-refractivity contribution in [3.8, 4) is 0 Å².